The first kappa shape index (κ1) is 12.8. The van der Waals surface area contributed by atoms with Crippen molar-refractivity contribution in [3.8, 4) is 6.07 Å². The largest absolute Gasteiger partial charge is 0.298 e. The van der Waals surface area contributed by atoms with Gasteiger partial charge in [-0.2, -0.15) is 5.26 Å². The second-order valence-electron chi connectivity index (χ2n) is 3.22. The summed E-state index contributed by atoms with van der Waals surface area (Å²) >= 11 is 12.8. The molecule has 1 heterocycles. The quantitative estimate of drug-likeness (QED) is 0.921. The number of benzene rings is 1. The average Bonchev–Trinajstić information content (AvgIpc) is 2.80. The Morgan fingerprint density at radius 2 is 2.22 bits per heavy atom. The molecule has 0 spiro atoms. The molecule has 4 nitrogen and oxygen atoms in total. The van der Waals surface area contributed by atoms with Gasteiger partial charge in [0.05, 0.1) is 16.8 Å². The van der Waals surface area contributed by atoms with Gasteiger partial charge in [0.25, 0.3) is 5.91 Å². The van der Waals surface area contributed by atoms with E-state index in [4.69, 9.17) is 28.5 Å². The Balaban J connectivity index is 2.22. The zero-order chi connectivity index (χ0) is 13.1. The number of hydrogen-bond acceptors (Lipinski definition) is 4. The topological polar surface area (TPSA) is 65.8 Å². The van der Waals surface area contributed by atoms with Crippen LogP contribution >= 0.6 is 34.5 Å². The van der Waals surface area contributed by atoms with Gasteiger partial charge in [0.2, 0.25) is 0 Å². The van der Waals surface area contributed by atoms with E-state index >= 15 is 0 Å². The van der Waals surface area contributed by atoms with E-state index in [0.29, 0.717) is 20.1 Å². The number of hydrogen-bond donors (Lipinski definition) is 1. The summed E-state index contributed by atoms with van der Waals surface area (Å²) in [6.45, 7) is 0. The first-order chi connectivity index (χ1) is 8.60. The van der Waals surface area contributed by atoms with Gasteiger partial charge in [-0.25, -0.2) is 4.98 Å². The van der Waals surface area contributed by atoms with Crippen LogP contribution in [0.15, 0.2) is 24.4 Å². The second kappa shape index (κ2) is 5.36. The summed E-state index contributed by atoms with van der Waals surface area (Å²) in [7, 11) is 0. The number of nitrogens with one attached hydrogen (secondary N) is 1. The minimum atomic E-state index is -0.415. The number of carbonyl (C=O) groups is 1. The summed E-state index contributed by atoms with van der Waals surface area (Å²) in [4.78, 5) is 16.2. The Hall–Kier alpha value is -1.61. The molecular formula is C11H5Cl2N3OS. The SMILES string of the molecule is N#Cc1cnc(NC(=O)c2cc(Cl)ccc2Cl)s1. The molecular weight excluding hydrogens is 293 g/mol. The Labute approximate surface area is 117 Å². The Morgan fingerprint density at radius 1 is 1.44 bits per heavy atom. The van der Waals surface area contributed by atoms with Gasteiger partial charge in [0.15, 0.2) is 5.13 Å². The fraction of sp³-hybridized carbons (Fsp3) is 0. The number of carbonyl (C=O) groups excluding carboxylic acids is 1. The van der Waals surface area contributed by atoms with Crippen LogP contribution in [0.25, 0.3) is 0 Å². The Morgan fingerprint density at radius 3 is 2.89 bits per heavy atom. The van der Waals surface area contributed by atoms with Crippen LogP contribution < -0.4 is 5.32 Å². The van der Waals surface area contributed by atoms with Gasteiger partial charge in [-0.05, 0) is 18.2 Å². The molecule has 1 N–H and O–H groups in total. The molecule has 2 rings (SSSR count). The highest BCUT2D eigenvalue weighted by molar-refractivity contribution is 7.16. The van der Waals surface area contributed by atoms with Gasteiger partial charge in [-0.3, -0.25) is 10.1 Å². The molecule has 7 heteroatoms. The van der Waals surface area contributed by atoms with Gasteiger partial charge in [0, 0.05) is 5.02 Å². The lowest BCUT2D eigenvalue weighted by Gasteiger charge is -2.04. The predicted molar refractivity (Wildman–Crippen MR) is 71.2 cm³/mol. The normalized spacial score (nSPS) is 9.83. The second-order valence-corrected chi connectivity index (χ2v) is 5.09. The van der Waals surface area contributed by atoms with E-state index in [0.717, 1.165) is 11.3 Å². The molecule has 0 aliphatic rings. The standard InChI is InChI=1S/C11H5Cl2N3OS/c12-6-1-2-9(13)8(3-6)10(17)16-11-15-5-7(4-14)18-11/h1-3,5H,(H,15,16,17). The van der Waals surface area contributed by atoms with Crippen molar-refractivity contribution in [2.24, 2.45) is 0 Å². The number of nitrogens with zero attached hydrogens (tertiary/aromatic N) is 2. The minimum absolute atomic E-state index is 0.262. The van der Waals surface area contributed by atoms with Gasteiger partial charge in [0.1, 0.15) is 10.9 Å². The summed E-state index contributed by atoms with van der Waals surface area (Å²) < 4.78 is 0. The first-order valence-corrected chi connectivity index (χ1v) is 6.29. The van der Waals surface area contributed by atoms with Crippen LogP contribution in [0, 0.1) is 11.3 Å². The summed E-state index contributed by atoms with van der Waals surface area (Å²) in [6, 6.07) is 6.55. The van der Waals surface area contributed by atoms with Gasteiger partial charge >= 0.3 is 0 Å². The smallest absolute Gasteiger partial charge is 0.259 e. The highest BCUT2D eigenvalue weighted by Gasteiger charge is 2.13. The summed E-state index contributed by atoms with van der Waals surface area (Å²) in [5, 5.41) is 12.3. The van der Waals surface area contributed by atoms with Crippen molar-refractivity contribution in [3.05, 3.63) is 44.9 Å². The molecule has 1 aromatic carbocycles. The fourth-order valence-electron chi connectivity index (χ4n) is 1.22. The molecule has 0 unspecified atom stereocenters. The predicted octanol–water partition coefficient (Wildman–Crippen LogP) is 3.57. The molecule has 90 valence electrons. The third-order valence-corrected chi connectivity index (χ3v) is 3.39. The van der Waals surface area contributed by atoms with Crippen LogP contribution in [-0.4, -0.2) is 10.9 Å². The lowest BCUT2D eigenvalue weighted by molar-refractivity contribution is 0.102. The van der Waals surface area contributed by atoms with E-state index in [-0.39, 0.29) is 5.56 Å². The molecule has 0 aliphatic heterocycles. The van der Waals surface area contributed by atoms with E-state index in [1.165, 1.54) is 12.3 Å². The number of nitriles is 1. The summed E-state index contributed by atoms with van der Waals surface area (Å²) in [5.74, 6) is -0.415. The average molecular weight is 298 g/mol. The molecule has 0 atom stereocenters. The lowest BCUT2D eigenvalue weighted by Crippen LogP contribution is -2.12. The molecule has 1 aromatic heterocycles. The zero-order valence-corrected chi connectivity index (χ0v) is 11.1. The van der Waals surface area contributed by atoms with Gasteiger partial charge in [-0.15, -0.1) is 0 Å². The van der Waals surface area contributed by atoms with E-state index in [1.54, 1.807) is 12.1 Å². The van der Waals surface area contributed by atoms with Crippen molar-refractivity contribution in [1.29, 1.82) is 5.26 Å². The van der Waals surface area contributed by atoms with Crippen molar-refractivity contribution in [1.82, 2.24) is 4.98 Å². The van der Waals surface area contributed by atoms with E-state index in [1.807, 2.05) is 6.07 Å². The lowest BCUT2D eigenvalue weighted by atomic mass is 10.2. The maximum absolute atomic E-state index is 11.9. The van der Waals surface area contributed by atoms with E-state index in [9.17, 15) is 4.79 Å². The number of halogens is 2. The first-order valence-electron chi connectivity index (χ1n) is 4.72. The molecule has 18 heavy (non-hydrogen) atoms. The minimum Gasteiger partial charge on any atom is -0.298 e. The summed E-state index contributed by atoms with van der Waals surface area (Å²) in [6.07, 6.45) is 1.39. The van der Waals surface area contributed by atoms with Crippen LogP contribution in [0.4, 0.5) is 5.13 Å². The van der Waals surface area contributed by atoms with Crippen molar-refractivity contribution >= 4 is 45.6 Å². The summed E-state index contributed by atoms with van der Waals surface area (Å²) in [5.41, 5.74) is 0.262. The van der Waals surface area contributed by atoms with Crippen LogP contribution in [0.1, 0.15) is 15.2 Å². The van der Waals surface area contributed by atoms with Crippen molar-refractivity contribution in [2.45, 2.75) is 0 Å². The molecule has 0 fully saturated rings. The molecule has 1 amide bonds. The molecule has 0 saturated carbocycles. The molecule has 0 bridgehead atoms. The molecule has 0 saturated heterocycles. The van der Waals surface area contributed by atoms with Crippen molar-refractivity contribution in [3.63, 3.8) is 0 Å². The molecule has 2 aromatic rings. The number of aromatic nitrogens is 1. The zero-order valence-electron chi connectivity index (χ0n) is 8.78. The number of rotatable bonds is 2. The van der Waals surface area contributed by atoms with Crippen molar-refractivity contribution < 1.29 is 4.79 Å². The molecule has 0 aliphatic carbocycles. The van der Waals surface area contributed by atoms with Gasteiger partial charge in [-0.1, -0.05) is 34.5 Å². The Bertz CT molecular complexity index is 648. The monoisotopic (exact) mass is 297 g/mol. The highest BCUT2D eigenvalue weighted by Crippen LogP contribution is 2.23. The van der Waals surface area contributed by atoms with Crippen molar-refractivity contribution in [2.75, 3.05) is 5.32 Å². The Kier molecular flexibility index (Phi) is 3.82. The molecule has 0 radical (unpaired) electrons. The van der Waals surface area contributed by atoms with Gasteiger partial charge < -0.3 is 0 Å². The van der Waals surface area contributed by atoms with E-state index < -0.39 is 5.91 Å². The number of amides is 1. The number of thiazole rings is 1. The maximum Gasteiger partial charge on any atom is 0.259 e. The maximum atomic E-state index is 11.9. The third-order valence-electron chi connectivity index (χ3n) is 2.01. The fourth-order valence-corrected chi connectivity index (χ4v) is 2.20. The van der Waals surface area contributed by atoms with Crippen LogP contribution in [0.3, 0.4) is 0 Å². The van der Waals surface area contributed by atoms with Crippen LogP contribution in [-0.2, 0) is 0 Å². The highest BCUT2D eigenvalue weighted by atomic mass is 35.5. The van der Waals surface area contributed by atoms with Crippen LogP contribution in [0.2, 0.25) is 10.0 Å². The third kappa shape index (κ3) is 2.79. The van der Waals surface area contributed by atoms with E-state index in [2.05, 4.69) is 10.3 Å². The van der Waals surface area contributed by atoms with Crippen LogP contribution in [0.5, 0.6) is 0 Å². The number of anilines is 1.